The van der Waals surface area contributed by atoms with Crippen molar-refractivity contribution in [3.05, 3.63) is 11.7 Å². The molecule has 1 saturated heterocycles. The second-order valence-electron chi connectivity index (χ2n) is 4.85. The van der Waals surface area contributed by atoms with E-state index in [-0.39, 0.29) is 0 Å². The van der Waals surface area contributed by atoms with Crippen molar-refractivity contribution in [1.82, 2.24) is 10.1 Å². The molecule has 1 atom stereocenters. The first-order valence-electron chi connectivity index (χ1n) is 5.99. The van der Waals surface area contributed by atoms with Gasteiger partial charge < -0.3 is 15.0 Å². The molecular weight excluding hydrogens is 206 g/mol. The van der Waals surface area contributed by atoms with E-state index in [9.17, 15) is 0 Å². The van der Waals surface area contributed by atoms with Crippen LogP contribution in [-0.2, 0) is 10.3 Å². The summed E-state index contributed by atoms with van der Waals surface area (Å²) in [5.74, 6) is 1.93. The molecule has 5 nitrogen and oxygen atoms in total. The number of aromatic nitrogens is 2. The Labute approximate surface area is 94.3 Å². The van der Waals surface area contributed by atoms with Crippen LogP contribution in [0.25, 0.3) is 0 Å². The minimum atomic E-state index is -0.451. The number of rotatable bonds is 2. The summed E-state index contributed by atoms with van der Waals surface area (Å²) >= 11 is 0. The minimum Gasteiger partial charge on any atom is -0.381 e. The fourth-order valence-corrected chi connectivity index (χ4v) is 2.13. The quantitative estimate of drug-likeness (QED) is 0.818. The summed E-state index contributed by atoms with van der Waals surface area (Å²) in [6.45, 7) is 1.47. The number of nitrogens with two attached hydrogens (primary N) is 1. The molecule has 2 fully saturated rings. The predicted octanol–water partition coefficient (Wildman–Crippen LogP) is 1.30. The van der Waals surface area contributed by atoms with E-state index < -0.39 is 5.54 Å². The van der Waals surface area contributed by atoms with Crippen molar-refractivity contribution < 1.29 is 9.26 Å². The first-order chi connectivity index (χ1) is 7.78. The predicted molar refractivity (Wildman–Crippen MR) is 56.8 cm³/mol. The molecule has 1 aliphatic carbocycles. The Hall–Kier alpha value is -0.940. The molecule has 1 aliphatic heterocycles. The van der Waals surface area contributed by atoms with Gasteiger partial charge in [0.1, 0.15) is 0 Å². The van der Waals surface area contributed by atoms with Crippen LogP contribution in [0.4, 0.5) is 0 Å². The van der Waals surface area contributed by atoms with Gasteiger partial charge in [0.05, 0.1) is 5.54 Å². The van der Waals surface area contributed by atoms with Gasteiger partial charge >= 0.3 is 0 Å². The SMILES string of the molecule is NC1(c2noc(C3CC3)n2)CCCOCC1. The van der Waals surface area contributed by atoms with Crippen LogP contribution < -0.4 is 5.73 Å². The van der Waals surface area contributed by atoms with Crippen molar-refractivity contribution in [2.24, 2.45) is 5.73 Å². The molecule has 2 aliphatic rings. The van der Waals surface area contributed by atoms with E-state index in [4.69, 9.17) is 15.0 Å². The van der Waals surface area contributed by atoms with E-state index >= 15 is 0 Å². The third kappa shape index (κ3) is 1.85. The van der Waals surface area contributed by atoms with Crippen molar-refractivity contribution in [3.63, 3.8) is 0 Å². The van der Waals surface area contributed by atoms with Crippen LogP contribution in [0.2, 0.25) is 0 Å². The van der Waals surface area contributed by atoms with Gasteiger partial charge in [-0.25, -0.2) is 0 Å². The van der Waals surface area contributed by atoms with Gasteiger partial charge in [0.2, 0.25) is 5.89 Å². The van der Waals surface area contributed by atoms with Crippen LogP contribution >= 0.6 is 0 Å². The number of hydrogen-bond donors (Lipinski definition) is 1. The lowest BCUT2D eigenvalue weighted by molar-refractivity contribution is 0.139. The second-order valence-corrected chi connectivity index (χ2v) is 4.85. The lowest BCUT2D eigenvalue weighted by Crippen LogP contribution is -2.38. The molecule has 2 heterocycles. The molecule has 0 radical (unpaired) electrons. The first kappa shape index (κ1) is 10.2. The van der Waals surface area contributed by atoms with E-state index in [1.165, 1.54) is 12.8 Å². The standard InChI is InChI=1S/C11H17N3O2/c12-11(4-1-6-15-7-5-11)10-13-9(16-14-10)8-2-3-8/h8H,1-7,12H2. The summed E-state index contributed by atoms with van der Waals surface area (Å²) < 4.78 is 10.7. The Bertz CT molecular complexity index is 365. The van der Waals surface area contributed by atoms with Crippen molar-refractivity contribution >= 4 is 0 Å². The van der Waals surface area contributed by atoms with Gasteiger partial charge in [0, 0.05) is 19.1 Å². The van der Waals surface area contributed by atoms with Gasteiger partial charge in [0.25, 0.3) is 0 Å². The molecule has 1 aromatic rings. The van der Waals surface area contributed by atoms with Crippen molar-refractivity contribution in [3.8, 4) is 0 Å². The van der Waals surface area contributed by atoms with E-state index in [1.807, 2.05) is 0 Å². The van der Waals surface area contributed by atoms with Crippen LogP contribution in [0.1, 0.15) is 49.7 Å². The average Bonchev–Trinajstić information content (AvgIpc) is 3.05. The Morgan fingerprint density at radius 1 is 1.25 bits per heavy atom. The molecule has 88 valence electrons. The Kier molecular flexibility index (Phi) is 2.44. The highest BCUT2D eigenvalue weighted by Crippen LogP contribution is 2.40. The zero-order valence-corrected chi connectivity index (χ0v) is 9.32. The van der Waals surface area contributed by atoms with Gasteiger partial charge in [0.15, 0.2) is 5.82 Å². The van der Waals surface area contributed by atoms with E-state index in [1.54, 1.807) is 0 Å². The van der Waals surface area contributed by atoms with Crippen LogP contribution in [0.5, 0.6) is 0 Å². The molecule has 16 heavy (non-hydrogen) atoms. The van der Waals surface area contributed by atoms with Crippen LogP contribution in [-0.4, -0.2) is 23.4 Å². The Balaban J connectivity index is 1.81. The highest BCUT2D eigenvalue weighted by Gasteiger charge is 2.36. The summed E-state index contributed by atoms with van der Waals surface area (Å²) in [4.78, 5) is 4.45. The minimum absolute atomic E-state index is 0.451. The van der Waals surface area contributed by atoms with Gasteiger partial charge in [-0.05, 0) is 32.1 Å². The third-order valence-corrected chi connectivity index (χ3v) is 3.42. The van der Waals surface area contributed by atoms with E-state index in [0.29, 0.717) is 18.3 Å². The van der Waals surface area contributed by atoms with Crippen LogP contribution in [0.15, 0.2) is 4.52 Å². The van der Waals surface area contributed by atoms with E-state index in [2.05, 4.69) is 10.1 Å². The molecule has 1 unspecified atom stereocenters. The van der Waals surface area contributed by atoms with Crippen molar-refractivity contribution in [1.29, 1.82) is 0 Å². The lowest BCUT2D eigenvalue weighted by Gasteiger charge is -2.22. The maximum absolute atomic E-state index is 6.35. The van der Waals surface area contributed by atoms with Crippen LogP contribution in [0.3, 0.4) is 0 Å². The van der Waals surface area contributed by atoms with E-state index in [0.717, 1.165) is 31.8 Å². The largest absolute Gasteiger partial charge is 0.381 e. The smallest absolute Gasteiger partial charge is 0.229 e. The van der Waals surface area contributed by atoms with Gasteiger partial charge in [-0.3, -0.25) is 0 Å². The van der Waals surface area contributed by atoms with Crippen molar-refractivity contribution in [2.75, 3.05) is 13.2 Å². The summed E-state index contributed by atoms with van der Waals surface area (Å²) in [6.07, 6.45) is 4.95. The lowest BCUT2D eigenvalue weighted by atomic mass is 9.91. The molecule has 1 aromatic heterocycles. The van der Waals surface area contributed by atoms with Gasteiger partial charge in [-0.2, -0.15) is 4.98 Å². The maximum atomic E-state index is 6.35. The number of ether oxygens (including phenoxy) is 1. The monoisotopic (exact) mass is 223 g/mol. The fraction of sp³-hybridized carbons (Fsp3) is 0.818. The molecule has 1 saturated carbocycles. The molecule has 0 bridgehead atoms. The number of nitrogens with zero attached hydrogens (tertiary/aromatic N) is 2. The summed E-state index contributed by atoms with van der Waals surface area (Å²) in [6, 6.07) is 0. The van der Waals surface area contributed by atoms with Gasteiger partial charge in [-0.1, -0.05) is 5.16 Å². The number of hydrogen-bond acceptors (Lipinski definition) is 5. The van der Waals surface area contributed by atoms with Gasteiger partial charge in [-0.15, -0.1) is 0 Å². The summed E-state index contributed by atoms with van der Waals surface area (Å²) in [7, 11) is 0. The maximum Gasteiger partial charge on any atom is 0.229 e. The highest BCUT2D eigenvalue weighted by molar-refractivity contribution is 5.08. The van der Waals surface area contributed by atoms with Crippen molar-refractivity contribution in [2.45, 2.75) is 43.6 Å². The third-order valence-electron chi connectivity index (χ3n) is 3.42. The molecule has 3 rings (SSSR count). The molecule has 0 spiro atoms. The summed E-state index contributed by atoms with van der Waals surface area (Å²) in [5.41, 5.74) is 5.90. The molecule has 5 heteroatoms. The Morgan fingerprint density at radius 2 is 2.12 bits per heavy atom. The summed E-state index contributed by atoms with van der Waals surface area (Å²) in [5, 5.41) is 4.05. The second kappa shape index (κ2) is 3.82. The Morgan fingerprint density at radius 3 is 2.94 bits per heavy atom. The van der Waals surface area contributed by atoms with Crippen LogP contribution in [0, 0.1) is 0 Å². The molecule has 0 aromatic carbocycles. The highest BCUT2D eigenvalue weighted by atomic mass is 16.5. The fourth-order valence-electron chi connectivity index (χ4n) is 2.13. The molecular formula is C11H17N3O2. The first-order valence-corrected chi connectivity index (χ1v) is 5.99. The average molecular weight is 223 g/mol. The zero-order chi connectivity index (χ0) is 11.0. The topological polar surface area (TPSA) is 74.2 Å². The molecule has 0 amide bonds. The normalized spacial score (nSPS) is 31.3. The molecule has 2 N–H and O–H groups in total. The zero-order valence-electron chi connectivity index (χ0n) is 9.32.